The fourth-order valence-corrected chi connectivity index (χ4v) is 2.90. The van der Waals surface area contributed by atoms with Gasteiger partial charge in [-0.3, -0.25) is 9.59 Å². The number of benzene rings is 3. The molecule has 3 aromatic carbocycles. The predicted molar refractivity (Wildman–Crippen MR) is 121 cm³/mol. The molecule has 0 heterocycles. The molecule has 2 amide bonds. The van der Waals surface area contributed by atoms with Crippen molar-refractivity contribution in [1.29, 1.82) is 0 Å². The van der Waals surface area contributed by atoms with Crippen molar-refractivity contribution >= 4 is 40.3 Å². The maximum atomic E-state index is 12.4. The van der Waals surface area contributed by atoms with Crippen LogP contribution in [-0.2, 0) is 19.1 Å². The van der Waals surface area contributed by atoms with Crippen LogP contribution in [0, 0.1) is 0 Å². The lowest BCUT2D eigenvalue weighted by Crippen LogP contribution is -2.41. The zero-order chi connectivity index (χ0) is 22.2. The third-order valence-electron chi connectivity index (χ3n) is 4.62. The molecule has 3 rings (SSSR count). The summed E-state index contributed by atoms with van der Waals surface area (Å²) >= 11 is 0. The summed E-state index contributed by atoms with van der Waals surface area (Å²) in [5.41, 5.74) is 1.48. The van der Waals surface area contributed by atoms with E-state index >= 15 is 0 Å². The molecule has 0 aliphatic heterocycles. The Kier molecular flexibility index (Phi) is 7.17. The number of ether oxygens (including phenoxy) is 1. The van der Waals surface area contributed by atoms with E-state index in [1.54, 1.807) is 12.1 Å². The first-order valence-corrected chi connectivity index (χ1v) is 9.96. The van der Waals surface area contributed by atoms with E-state index in [9.17, 15) is 14.4 Å². The van der Waals surface area contributed by atoms with Gasteiger partial charge >= 0.3 is 5.97 Å². The average molecular weight is 416 g/mol. The van der Waals surface area contributed by atoms with E-state index in [0.29, 0.717) is 5.69 Å². The van der Waals surface area contributed by atoms with Crippen molar-refractivity contribution in [3.05, 3.63) is 84.4 Å². The van der Waals surface area contributed by atoms with Crippen LogP contribution in [-0.4, -0.2) is 29.9 Å². The molecule has 6 heteroatoms. The molecule has 0 spiro atoms. The Hall–Kier alpha value is -3.93. The van der Waals surface area contributed by atoms with Crippen molar-refractivity contribution in [2.75, 3.05) is 5.32 Å². The lowest BCUT2D eigenvalue weighted by atomic mass is 10.1. The topological polar surface area (TPSA) is 84.5 Å². The van der Waals surface area contributed by atoms with Gasteiger partial charge in [-0.25, -0.2) is 4.79 Å². The molecule has 0 unspecified atom stereocenters. The molecular formula is C25H24N2O4. The number of anilines is 1. The first kappa shape index (κ1) is 21.8. The first-order chi connectivity index (χ1) is 14.9. The van der Waals surface area contributed by atoms with Gasteiger partial charge in [-0.05, 0) is 48.4 Å². The largest absolute Gasteiger partial charge is 0.451 e. The highest BCUT2D eigenvalue weighted by molar-refractivity contribution is 5.98. The summed E-state index contributed by atoms with van der Waals surface area (Å²) in [6.45, 7) is 2.99. The van der Waals surface area contributed by atoms with E-state index in [0.717, 1.165) is 16.3 Å². The molecule has 0 saturated carbocycles. The van der Waals surface area contributed by atoms with Gasteiger partial charge in [0.25, 0.3) is 5.91 Å². The molecule has 31 heavy (non-hydrogen) atoms. The second-order valence-corrected chi connectivity index (χ2v) is 7.10. The molecule has 3 aromatic rings. The summed E-state index contributed by atoms with van der Waals surface area (Å²) < 4.78 is 5.21. The van der Waals surface area contributed by atoms with Crippen molar-refractivity contribution in [3.8, 4) is 0 Å². The predicted octanol–water partition coefficient (Wildman–Crippen LogP) is 3.93. The second kappa shape index (κ2) is 10.2. The molecule has 0 aliphatic rings. The monoisotopic (exact) mass is 416 g/mol. The van der Waals surface area contributed by atoms with Crippen LogP contribution in [0.25, 0.3) is 16.8 Å². The standard InChI is InChI=1S/C25H24N2O4/c1-17(26-23(28)15-12-19-8-4-3-5-9-19)25(30)31-18(2)24(29)27-22-14-13-20-10-6-7-11-21(20)16-22/h3-18H,1-2H3,(H,26,28)(H,27,29)/b15-12+/t17-,18-/m0/s1. The van der Waals surface area contributed by atoms with Gasteiger partial charge in [0, 0.05) is 11.8 Å². The number of carbonyl (C=O) groups is 3. The SMILES string of the molecule is C[C@H](NC(=O)/C=C/c1ccccc1)C(=O)O[C@@H](C)C(=O)Nc1ccc2ccccc2c1. The molecule has 2 atom stereocenters. The van der Waals surface area contributed by atoms with E-state index in [1.807, 2.05) is 66.7 Å². The van der Waals surface area contributed by atoms with Gasteiger partial charge in [0.15, 0.2) is 6.10 Å². The zero-order valence-corrected chi connectivity index (χ0v) is 17.4. The molecule has 0 saturated heterocycles. The number of esters is 1. The van der Waals surface area contributed by atoms with Gasteiger partial charge in [0.1, 0.15) is 6.04 Å². The lowest BCUT2D eigenvalue weighted by Gasteiger charge is -2.17. The fourth-order valence-electron chi connectivity index (χ4n) is 2.90. The number of fused-ring (bicyclic) bond motifs is 1. The third kappa shape index (κ3) is 6.27. The Labute approximate surface area is 180 Å². The third-order valence-corrected chi connectivity index (χ3v) is 4.62. The molecule has 6 nitrogen and oxygen atoms in total. The van der Waals surface area contributed by atoms with Gasteiger partial charge in [-0.15, -0.1) is 0 Å². The molecule has 0 bridgehead atoms. The number of carbonyl (C=O) groups excluding carboxylic acids is 3. The highest BCUT2D eigenvalue weighted by atomic mass is 16.5. The van der Waals surface area contributed by atoms with E-state index in [-0.39, 0.29) is 0 Å². The van der Waals surface area contributed by atoms with Gasteiger partial charge < -0.3 is 15.4 Å². The average Bonchev–Trinajstić information content (AvgIpc) is 2.78. The zero-order valence-electron chi connectivity index (χ0n) is 17.4. The maximum absolute atomic E-state index is 12.4. The molecular weight excluding hydrogens is 392 g/mol. The minimum Gasteiger partial charge on any atom is -0.451 e. The Morgan fingerprint density at radius 3 is 2.29 bits per heavy atom. The van der Waals surface area contributed by atoms with Crippen LogP contribution in [0.2, 0.25) is 0 Å². The number of amides is 2. The molecule has 0 aromatic heterocycles. The first-order valence-electron chi connectivity index (χ1n) is 9.96. The van der Waals surface area contributed by atoms with Gasteiger partial charge in [0.05, 0.1) is 0 Å². The van der Waals surface area contributed by atoms with Crippen LogP contribution >= 0.6 is 0 Å². The van der Waals surface area contributed by atoms with Crippen LogP contribution in [0.4, 0.5) is 5.69 Å². The number of nitrogens with one attached hydrogen (secondary N) is 2. The number of hydrogen-bond acceptors (Lipinski definition) is 4. The summed E-state index contributed by atoms with van der Waals surface area (Å²) in [6.07, 6.45) is 1.97. The Morgan fingerprint density at radius 2 is 1.55 bits per heavy atom. The van der Waals surface area contributed by atoms with Gasteiger partial charge in [0.2, 0.25) is 5.91 Å². The highest BCUT2D eigenvalue weighted by Crippen LogP contribution is 2.19. The van der Waals surface area contributed by atoms with E-state index in [1.165, 1.54) is 19.9 Å². The normalized spacial score (nSPS) is 12.8. The molecule has 2 N–H and O–H groups in total. The molecule has 0 fully saturated rings. The second-order valence-electron chi connectivity index (χ2n) is 7.10. The van der Waals surface area contributed by atoms with Crippen molar-refractivity contribution < 1.29 is 19.1 Å². The van der Waals surface area contributed by atoms with Crippen LogP contribution in [0.15, 0.2) is 78.9 Å². The van der Waals surface area contributed by atoms with Gasteiger partial charge in [-0.1, -0.05) is 60.7 Å². The molecule has 0 aliphatic carbocycles. The van der Waals surface area contributed by atoms with Crippen LogP contribution in [0.3, 0.4) is 0 Å². The van der Waals surface area contributed by atoms with Crippen molar-refractivity contribution in [2.45, 2.75) is 26.0 Å². The Balaban J connectivity index is 1.50. The minimum atomic E-state index is -1.02. The van der Waals surface area contributed by atoms with Crippen molar-refractivity contribution in [2.24, 2.45) is 0 Å². The highest BCUT2D eigenvalue weighted by Gasteiger charge is 2.22. The van der Waals surface area contributed by atoms with Gasteiger partial charge in [-0.2, -0.15) is 0 Å². The van der Waals surface area contributed by atoms with E-state index in [2.05, 4.69) is 10.6 Å². The summed E-state index contributed by atoms with van der Waals surface area (Å²) in [4.78, 5) is 36.7. The summed E-state index contributed by atoms with van der Waals surface area (Å²) in [5, 5.41) is 7.33. The smallest absolute Gasteiger partial charge is 0.329 e. The fraction of sp³-hybridized carbons (Fsp3) is 0.160. The summed E-state index contributed by atoms with van der Waals surface area (Å²) in [7, 11) is 0. The number of rotatable bonds is 7. The van der Waals surface area contributed by atoms with Crippen molar-refractivity contribution in [3.63, 3.8) is 0 Å². The van der Waals surface area contributed by atoms with E-state index < -0.39 is 29.9 Å². The van der Waals surface area contributed by atoms with Crippen LogP contribution in [0.1, 0.15) is 19.4 Å². The summed E-state index contributed by atoms with van der Waals surface area (Å²) in [5.74, 6) is -1.57. The van der Waals surface area contributed by atoms with E-state index in [4.69, 9.17) is 4.74 Å². The lowest BCUT2D eigenvalue weighted by molar-refractivity contribution is -0.155. The maximum Gasteiger partial charge on any atom is 0.329 e. The Morgan fingerprint density at radius 1 is 0.871 bits per heavy atom. The van der Waals surface area contributed by atoms with Crippen molar-refractivity contribution in [1.82, 2.24) is 5.32 Å². The Bertz CT molecular complexity index is 1110. The minimum absolute atomic E-state index is 0.429. The number of hydrogen-bond donors (Lipinski definition) is 2. The van der Waals surface area contributed by atoms with Crippen LogP contribution in [0.5, 0.6) is 0 Å². The summed E-state index contributed by atoms with van der Waals surface area (Å²) in [6, 6.07) is 21.8. The molecule has 158 valence electrons. The quantitative estimate of drug-likeness (QED) is 0.452. The van der Waals surface area contributed by atoms with Crippen LogP contribution < -0.4 is 10.6 Å². The molecule has 0 radical (unpaired) electrons.